The standard InChI is InChI=1S/2C10H10O4.C9H11NO2.C9H10O3.C9H10O2S/c1-10(2)13-7-4-3-6(9(11)12)5-8(7)14-10;1-10(2)13-7-5-3-4-6(9(11)12)8(7)14-10;1-9(2)11-7-4-3-6(10)5-8(7)12-9;1-9(2)11-7-5-3-4-6(10)8(7)12-9;1-9(2)10-7-4-3-6(12)5-8(7)11-9/h2*3-5H,1-2H3,(H,11,12);3-5H,10H2,1-2H3;3-5,10H,1-2H3;3-5,12H,1-2H3. The molecule has 5 aromatic carbocycles. The van der Waals surface area contributed by atoms with Crippen LogP contribution < -0.4 is 53.1 Å². The molecule has 64 heavy (non-hydrogen) atoms. The molecule has 0 unspecified atom stereocenters. The molecule has 5 aromatic rings. The number of benzene rings is 5. The summed E-state index contributed by atoms with van der Waals surface area (Å²) < 4.78 is 54.3. The zero-order chi connectivity index (χ0) is 47.0. The Hall–Kier alpha value is -7.01. The minimum atomic E-state index is -1.01. The molecule has 5 heterocycles. The van der Waals surface area contributed by atoms with Gasteiger partial charge in [0.05, 0.1) is 5.56 Å². The van der Waals surface area contributed by atoms with Gasteiger partial charge in [-0.1, -0.05) is 12.1 Å². The molecule has 0 aromatic heterocycles. The van der Waals surface area contributed by atoms with E-state index in [9.17, 15) is 14.7 Å². The Morgan fingerprint density at radius 3 is 1.38 bits per heavy atom. The highest BCUT2D eigenvalue weighted by atomic mass is 32.1. The first-order valence-electron chi connectivity index (χ1n) is 19.9. The van der Waals surface area contributed by atoms with Crippen LogP contribution in [0.3, 0.4) is 0 Å². The van der Waals surface area contributed by atoms with Gasteiger partial charge in [0, 0.05) is 85.9 Å². The van der Waals surface area contributed by atoms with Crippen molar-refractivity contribution in [2.75, 3.05) is 5.73 Å². The number of hydrogen-bond acceptors (Lipinski definition) is 15. The number of anilines is 1. The molecule has 0 spiro atoms. The Labute approximate surface area is 375 Å². The molecule has 5 aliphatic heterocycles. The number of aromatic carboxylic acids is 2. The van der Waals surface area contributed by atoms with Gasteiger partial charge in [0.25, 0.3) is 0 Å². The molecule has 5 N–H and O–H groups in total. The largest absolute Gasteiger partial charge is 0.504 e. The lowest BCUT2D eigenvalue weighted by Crippen LogP contribution is -2.30. The predicted octanol–water partition coefficient (Wildman–Crippen LogP) is 9.94. The summed E-state index contributed by atoms with van der Waals surface area (Å²) in [5, 5.41) is 27.0. The first-order valence-corrected chi connectivity index (χ1v) is 20.3. The van der Waals surface area contributed by atoms with Crippen LogP contribution >= 0.6 is 12.6 Å². The quantitative estimate of drug-likeness (QED) is 0.0823. The third-order valence-corrected chi connectivity index (χ3v) is 9.07. The third-order valence-electron chi connectivity index (χ3n) is 8.79. The number of carboxylic acid groups (broad SMARTS) is 2. The molecule has 5 aliphatic rings. The van der Waals surface area contributed by atoms with E-state index in [1.54, 1.807) is 90.1 Å². The van der Waals surface area contributed by atoms with Gasteiger partial charge < -0.3 is 68.4 Å². The Kier molecular flexibility index (Phi) is 12.6. The molecule has 0 aliphatic carbocycles. The van der Waals surface area contributed by atoms with Gasteiger partial charge in [0.1, 0.15) is 5.56 Å². The van der Waals surface area contributed by atoms with Crippen molar-refractivity contribution < 1.29 is 72.3 Å². The number of ether oxygens (including phenoxy) is 10. The maximum absolute atomic E-state index is 10.8. The van der Waals surface area contributed by atoms with Crippen LogP contribution in [0.25, 0.3) is 0 Å². The van der Waals surface area contributed by atoms with Crippen LogP contribution in [0.1, 0.15) is 90.0 Å². The molecule has 17 heteroatoms. The number of hydrogen-bond donors (Lipinski definition) is 5. The van der Waals surface area contributed by atoms with Gasteiger partial charge >= 0.3 is 11.9 Å². The number of aromatic hydroxyl groups is 1. The van der Waals surface area contributed by atoms with E-state index in [0.717, 1.165) is 27.9 Å². The number of fused-ring (bicyclic) bond motifs is 5. The minimum Gasteiger partial charge on any atom is -0.504 e. The minimum absolute atomic E-state index is 0.123. The summed E-state index contributed by atoms with van der Waals surface area (Å²) in [7, 11) is 0. The Balaban J connectivity index is 0.000000133. The average Bonchev–Trinajstić information content (AvgIpc) is 3.94. The van der Waals surface area contributed by atoms with Crippen LogP contribution in [0.2, 0.25) is 0 Å². The number of carboxylic acids is 2. The molecule has 0 saturated carbocycles. The summed E-state index contributed by atoms with van der Waals surface area (Å²) in [6.07, 6.45) is 0. The Morgan fingerprint density at radius 2 is 0.859 bits per heavy atom. The first-order chi connectivity index (χ1) is 29.7. The molecule has 0 amide bonds. The monoisotopic (exact) mass is 901 g/mol. The second-order valence-electron chi connectivity index (χ2n) is 16.9. The normalized spacial score (nSPS) is 17.4. The summed E-state index contributed by atoms with van der Waals surface area (Å²) in [5.41, 5.74) is 6.61. The lowest BCUT2D eigenvalue weighted by Gasteiger charge is -2.16. The fourth-order valence-electron chi connectivity index (χ4n) is 6.43. The summed E-state index contributed by atoms with van der Waals surface area (Å²) in [6.45, 7) is 18.1. The third kappa shape index (κ3) is 11.5. The van der Waals surface area contributed by atoms with Gasteiger partial charge in [0.15, 0.2) is 57.5 Å². The molecular weight excluding hydrogens is 851 g/mol. The highest BCUT2D eigenvalue weighted by Gasteiger charge is 2.36. The smallest absolute Gasteiger partial charge is 0.339 e. The van der Waals surface area contributed by atoms with Crippen LogP contribution in [0.4, 0.5) is 5.69 Å². The van der Waals surface area contributed by atoms with E-state index < -0.39 is 40.9 Å². The van der Waals surface area contributed by atoms with Crippen LogP contribution in [0.5, 0.6) is 63.2 Å². The molecule has 0 radical (unpaired) electrons. The number of nitrogens with two attached hydrogens (primary N) is 1. The van der Waals surface area contributed by atoms with Crippen LogP contribution in [-0.2, 0) is 0 Å². The second-order valence-corrected chi connectivity index (χ2v) is 17.4. The topological polar surface area (TPSA) is 213 Å². The Bertz CT molecular complexity index is 2500. The SMILES string of the molecule is CC1(C)Oc2ccc(C(=O)O)cc2O1.CC1(C)Oc2ccc(N)cc2O1.CC1(C)Oc2ccc(S)cc2O1.CC1(C)Oc2cccc(C(=O)O)c2O1.CC1(C)Oc2cccc(O)c2O1. The number of thiol groups is 1. The van der Waals surface area contributed by atoms with Crippen LogP contribution in [-0.4, -0.2) is 56.2 Å². The first kappa shape index (κ1) is 46.5. The maximum Gasteiger partial charge on any atom is 0.339 e. The average molecular weight is 902 g/mol. The fourth-order valence-corrected chi connectivity index (χ4v) is 6.62. The molecule has 0 fully saturated rings. The van der Waals surface area contributed by atoms with Gasteiger partial charge in [-0.3, -0.25) is 0 Å². The van der Waals surface area contributed by atoms with Gasteiger partial charge in [-0.05, 0) is 72.8 Å². The van der Waals surface area contributed by atoms with Crippen LogP contribution in [0, 0.1) is 0 Å². The van der Waals surface area contributed by atoms with E-state index in [2.05, 4.69) is 12.6 Å². The van der Waals surface area contributed by atoms with Gasteiger partial charge in [-0.25, -0.2) is 9.59 Å². The number of phenols is 1. The molecule has 16 nitrogen and oxygen atoms in total. The molecule has 340 valence electrons. The van der Waals surface area contributed by atoms with E-state index in [4.69, 9.17) is 63.3 Å². The van der Waals surface area contributed by atoms with E-state index >= 15 is 0 Å². The second kappa shape index (κ2) is 17.3. The van der Waals surface area contributed by atoms with Crippen molar-refractivity contribution in [3.05, 3.63) is 102 Å². The zero-order valence-corrected chi connectivity index (χ0v) is 37.8. The summed E-state index contributed by atoms with van der Waals surface area (Å²) in [6, 6.07) is 25.4. The van der Waals surface area contributed by atoms with Crippen molar-refractivity contribution in [1.29, 1.82) is 0 Å². The lowest BCUT2D eigenvalue weighted by molar-refractivity contribution is -0.0444. The number of rotatable bonds is 2. The van der Waals surface area contributed by atoms with Crippen molar-refractivity contribution in [1.82, 2.24) is 0 Å². The van der Waals surface area contributed by atoms with Crippen molar-refractivity contribution in [2.24, 2.45) is 0 Å². The molecule has 0 bridgehead atoms. The number of para-hydroxylation sites is 2. The van der Waals surface area contributed by atoms with Crippen molar-refractivity contribution in [2.45, 2.75) is 103 Å². The van der Waals surface area contributed by atoms with Gasteiger partial charge in [-0.2, -0.15) is 0 Å². The van der Waals surface area contributed by atoms with E-state index in [-0.39, 0.29) is 16.9 Å². The molecule has 0 atom stereocenters. The number of nitrogen functional groups attached to an aromatic ring is 1. The number of carbonyl (C=O) groups is 2. The predicted molar refractivity (Wildman–Crippen MR) is 236 cm³/mol. The highest BCUT2D eigenvalue weighted by molar-refractivity contribution is 7.80. The molecular formula is C47H51NO15S. The summed E-state index contributed by atoms with van der Waals surface area (Å²) in [4.78, 5) is 22.4. The number of phenolic OH excluding ortho intramolecular Hbond substituents is 1. The summed E-state index contributed by atoms with van der Waals surface area (Å²) in [5.74, 6) is 0.813. The van der Waals surface area contributed by atoms with Crippen molar-refractivity contribution in [3.63, 3.8) is 0 Å². The molecule has 10 rings (SSSR count). The van der Waals surface area contributed by atoms with Gasteiger partial charge in [-0.15, -0.1) is 12.6 Å². The fraction of sp³-hybridized carbons (Fsp3) is 0.319. The van der Waals surface area contributed by atoms with E-state index in [0.29, 0.717) is 40.2 Å². The summed E-state index contributed by atoms with van der Waals surface area (Å²) >= 11 is 4.20. The maximum atomic E-state index is 10.8. The van der Waals surface area contributed by atoms with E-state index in [1.807, 2.05) is 52.0 Å². The lowest BCUT2D eigenvalue weighted by atomic mass is 10.2. The zero-order valence-electron chi connectivity index (χ0n) is 36.9. The highest BCUT2D eigenvalue weighted by Crippen LogP contribution is 2.46. The van der Waals surface area contributed by atoms with Crippen LogP contribution in [0.15, 0.2) is 95.9 Å². The van der Waals surface area contributed by atoms with Gasteiger partial charge in [0.2, 0.25) is 34.7 Å². The van der Waals surface area contributed by atoms with Crippen molar-refractivity contribution >= 4 is 30.3 Å². The van der Waals surface area contributed by atoms with Crippen molar-refractivity contribution in [3.8, 4) is 63.2 Å². The van der Waals surface area contributed by atoms with E-state index in [1.165, 1.54) is 18.2 Å². The molecule has 0 saturated heterocycles. The Morgan fingerprint density at radius 1 is 0.453 bits per heavy atom.